The van der Waals surface area contributed by atoms with Gasteiger partial charge in [0.2, 0.25) is 0 Å². The molecule has 104 valence electrons. The van der Waals surface area contributed by atoms with Crippen LogP contribution in [0.4, 0.5) is 0 Å². The first kappa shape index (κ1) is 15.0. The summed E-state index contributed by atoms with van der Waals surface area (Å²) in [5.74, 6) is 0.855. The number of allylic oxidation sites excluding steroid dienone is 1. The van der Waals surface area contributed by atoms with Gasteiger partial charge in [-0.05, 0) is 59.6 Å². The van der Waals surface area contributed by atoms with Crippen molar-refractivity contribution in [2.24, 2.45) is 0 Å². The third-order valence-corrected chi connectivity index (χ3v) is 4.19. The number of halogens is 1. The van der Waals surface area contributed by atoms with Gasteiger partial charge in [-0.2, -0.15) is 0 Å². The summed E-state index contributed by atoms with van der Waals surface area (Å²) in [7, 11) is 0. The Morgan fingerprint density at radius 1 is 1.30 bits per heavy atom. The number of rotatable bonds is 5. The molecule has 1 aromatic carbocycles. The van der Waals surface area contributed by atoms with Gasteiger partial charge in [0.25, 0.3) is 0 Å². The predicted molar refractivity (Wildman–Crippen MR) is 87.6 cm³/mol. The van der Waals surface area contributed by atoms with Crippen molar-refractivity contribution in [3.8, 4) is 5.75 Å². The predicted octanol–water partition coefficient (Wildman–Crippen LogP) is 5.19. The molecule has 1 aromatic heterocycles. The van der Waals surface area contributed by atoms with Gasteiger partial charge in [-0.1, -0.05) is 18.2 Å². The molecule has 0 saturated heterocycles. The monoisotopic (exact) mass is 350 g/mol. The van der Waals surface area contributed by atoms with Crippen LogP contribution in [0.2, 0.25) is 0 Å². The molecule has 2 nitrogen and oxygen atoms in total. The van der Waals surface area contributed by atoms with Gasteiger partial charge >= 0.3 is 0 Å². The summed E-state index contributed by atoms with van der Waals surface area (Å²) in [4.78, 5) is 12.7. The van der Waals surface area contributed by atoms with Crippen molar-refractivity contribution in [3.63, 3.8) is 0 Å². The molecule has 0 bridgehead atoms. The number of carbonyl (C=O) groups excluding carboxylic acids is 1. The molecular formula is C16H15BrO2S. The number of thiophene rings is 1. The lowest BCUT2D eigenvalue weighted by molar-refractivity contribution is 0.105. The van der Waals surface area contributed by atoms with E-state index in [1.54, 1.807) is 6.08 Å². The van der Waals surface area contributed by atoms with E-state index in [0.29, 0.717) is 0 Å². The Balaban J connectivity index is 2.02. The van der Waals surface area contributed by atoms with Crippen molar-refractivity contribution in [2.45, 2.75) is 20.0 Å². The Hall–Kier alpha value is -1.39. The van der Waals surface area contributed by atoms with Crippen molar-refractivity contribution in [1.82, 2.24) is 0 Å². The third kappa shape index (κ3) is 4.32. The molecule has 0 radical (unpaired) electrons. The van der Waals surface area contributed by atoms with E-state index in [1.165, 1.54) is 11.3 Å². The lowest BCUT2D eigenvalue weighted by atomic mass is 10.2. The number of ether oxygens (including phenoxy) is 1. The molecule has 0 spiro atoms. The summed E-state index contributed by atoms with van der Waals surface area (Å²) in [6.07, 6.45) is 3.57. The van der Waals surface area contributed by atoms with Crippen LogP contribution >= 0.6 is 27.3 Å². The van der Waals surface area contributed by atoms with Gasteiger partial charge in [0, 0.05) is 9.85 Å². The van der Waals surface area contributed by atoms with Crippen molar-refractivity contribution in [1.29, 1.82) is 0 Å². The fraction of sp³-hybridized carbons (Fsp3) is 0.188. The Labute approximate surface area is 131 Å². The highest BCUT2D eigenvalue weighted by molar-refractivity contribution is 9.10. The lowest BCUT2D eigenvalue weighted by Crippen LogP contribution is -2.05. The molecule has 0 aliphatic carbocycles. The first-order chi connectivity index (χ1) is 9.54. The van der Waals surface area contributed by atoms with E-state index in [1.807, 2.05) is 55.6 Å². The highest BCUT2D eigenvalue weighted by atomic mass is 79.9. The summed E-state index contributed by atoms with van der Waals surface area (Å²) < 4.78 is 6.51. The number of benzene rings is 1. The summed E-state index contributed by atoms with van der Waals surface area (Å²) in [6.45, 7) is 3.98. The summed E-state index contributed by atoms with van der Waals surface area (Å²) in [5, 5.41) is 1.90. The summed E-state index contributed by atoms with van der Waals surface area (Å²) >= 11 is 4.78. The Morgan fingerprint density at radius 2 is 2.00 bits per heavy atom. The highest BCUT2D eigenvalue weighted by Crippen LogP contribution is 2.21. The summed E-state index contributed by atoms with van der Waals surface area (Å²) in [5.41, 5.74) is 0.977. The number of hydrogen-bond donors (Lipinski definition) is 0. The molecule has 20 heavy (non-hydrogen) atoms. The van der Waals surface area contributed by atoms with Gasteiger partial charge in [0.15, 0.2) is 5.78 Å². The van der Waals surface area contributed by atoms with E-state index in [-0.39, 0.29) is 11.9 Å². The lowest BCUT2D eigenvalue weighted by Gasteiger charge is -2.09. The van der Waals surface area contributed by atoms with Crippen LogP contribution in [-0.2, 0) is 0 Å². The number of carbonyl (C=O) groups is 1. The average Bonchev–Trinajstić information content (AvgIpc) is 2.84. The van der Waals surface area contributed by atoms with Crippen LogP contribution in [0.1, 0.15) is 29.1 Å². The molecular weight excluding hydrogens is 336 g/mol. The first-order valence-corrected chi connectivity index (χ1v) is 7.95. The number of ketones is 1. The van der Waals surface area contributed by atoms with Gasteiger partial charge in [-0.15, -0.1) is 11.3 Å². The van der Waals surface area contributed by atoms with Crippen LogP contribution < -0.4 is 4.74 Å². The van der Waals surface area contributed by atoms with Gasteiger partial charge in [0.05, 0.1) is 11.0 Å². The average molecular weight is 351 g/mol. The van der Waals surface area contributed by atoms with Gasteiger partial charge in [0.1, 0.15) is 5.75 Å². The Kier molecular flexibility index (Phi) is 5.15. The van der Waals surface area contributed by atoms with Crippen LogP contribution in [0.3, 0.4) is 0 Å². The Bertz CT molecular complexity index is 612. The topological polar surface area (TPSA) is 26.3 Å². The second kappa shape index (κ2) is 6.86. The SMILES string of the molecule is CC(C)Oc1ccc(/C=C/C(=O)c2cc(Br)cs2)cc1. The molecule has 0 N–H and O–H groups in total. The minimum Gasteiger partial charge on any atom is -0.491 e. The van der Waals surface area contributed by atoms with Crippen molar-refractivity contribution >= 4 is 39.1 Å². The zero-order valence-corrected chi connectivity index (χ0v) is 13.7. The molecule has 0 atom stereocenters. The molecule has 0 unspecified atom stereocenters. The zero-order valence-electron chi connectivity index (χ0n) is 11.3. The second-order valence-corrected chi connectivity index (χ2v) is 6.39. The molecule has 1 heterocycles. The first-order valence-electron chi connectivity index (χ1n) is 6.28. The van der Waals surface area contributed by atoms with Crippen molar-refractivity contribution in [3.05, 3.63) is 56.7 Å². The van der Waals surface area contributed by atoms with E-state index >= 15 is 0 Å². The molecule has 0 fully saturated rings. The zero-order chi connectivity index (χ0) is 14.5. The quantitative estimate of drug-likeness (QED) is 0.547. The molecule has 2 rings (SSSR count). The van der Waals surface area contributed by atoms with Crippen LogP contribution in [0.5, 0.6) is 5.75 Å². The molecule has 0 saturated carbocycles. The fourth-order valence-electron chi connectivity index (χ4n) is 1.63. The van der Waals surface area contributed by atoms with E-state index in [2.05, 4.69) is 15.9 Å². The maximum Gasteiger partial charge on any atom is 0.195 e. The molecule has 2 aromatic rings. The summed E-state index contributed by atoms with van der Waals surface area (Å²) in [6, 6.07) is 9.52. The second-order valence-electron chi connectivity index (χ2n) is 4.56. The van der Waals surface area contributed by atoms with Crippen LogP contribution in [0.15, 0.2) is 46.3 Å². The minimum atomic E-state index is 0.0169. The highest BCUT2D eigenvalue weighted by Gasteiger charge is 2.04. The largest absolute Gasteiger partial charge is 0.491 e. The fourth-order valence-corrected chi connectivity index (χ4v) is 2.97. The Morgan fingerprint density at radius 3 is 2.55 bits per heavy atom. The number of hydrogen-bond acceptors (Lipinski definition) is 3. The minimum absolute atomic E-state index is 0.0169. The third-order valence-electron chi connectivity index (χ3n) is 2.49. The smallest absolute Gasteiger partial charge is 0.195 e. The van der Waals surface area contributed by atoms with Crippen LogP contribution in [-0.4, -0.2) is 11.9 Å². The van der Waals surface area contributed by atoms with Gasteiger partial charge in [-0.3, -0.25) is 4.79 Å². The molecule has 0 aliphatic rings. The van der Waals surface area contributed by atoms with Crippen molar-refractivity contribution < 1.29 is 9.53 Å². The molecule has 4 heteroatoms. The van der Waals surface area contributed by atoms with Crippen LogP contribution in [0.25, 0.3) is 6.08 Å². The molecule has 0 amide bonds. The van der Waals surface area contributed by atoms with Crippen molar-refractivity contribution in [2.75, 3.05) is 0 Å². The van der Waals surface area contributed by atoms with E-state index in [9.17, 15) is 4.79 Å². The van der Waals surface area contributed by atoms with Crippen LogP contribution in [0, 0.1) is 0 Å². The molecule has 0 aliphatic heterocycles. The van der Waals surface area contributed by atoms with E-state index < -0.39 is 0 Å². The maximum atomic E-state index is 11.9. The standard InChI is InChI=1S/C16H15BrO2S/c1-11(2)19-14-6-3-12(4-7-14)5-8-15(18)16-9-13(17)10-20-16/h3-11H,1-2H3/b8-5+. The maximum absolute atomic E-state index is 11.9. The normalized spacial score (nSPS) is 11.2. The van der Waals surface area contributed by atoms with E-state index in [0.717, 1.165) is 20.7 Å². The van der Waals surface area contributed by atoms with Gasteiger partial charge < -0.3 is 4.74 Å². The van der Waals surface area contributed by atoms with E-state index in [4.69, 9.17) is 4.74 Å². The van der Waals surface area contributed by atoms with Gasteiger partial charge in [-0.25, -0.2) is 0 Å².